The lowest BCUT2D eigenvalue weighted by Crippen LogP contribution is -2.49. The number of carbonyl (C=O) groups is 2. The van der Waals surface area contributed by atoms with Gasteiger partial charge in [-0.2, -0.15) is 0 Å². The van der Waals surface area contributed by atoms with Gasteiger partial charge in [0.2, 0.25) is 0 Å². The number of amides is 2. The summed E-state index contributed by atoms with van der Waals surface area (Å²) in [5.41, 5.74) is -0.0204. The number of carboxylic acid groups (broad SMARTS) is 1. The Morgan fingerprint density at radius 3 is 2.11 bits per heavy atom. The smallest absolute Gasteiger partial charge is 0.317 e. The van der Waals surface area contributed by atoms with Crippen LogP contribution in [0.15, 0.2) is 0 Å². The average molecular weight is 258 g/mol. The Kier molecular flexibility index (Phi) is 6.15. The summed E-state index contributed by atoms with van der Waals surface area (Å²) in [5.74, 6) is -1.44. The predicted molar refractivity (Wildman–Crippen MR) is 71.5 cm³/mol. The summed E-state index contributed by atoms with van der Waals surface area (Å²) in [7, 11) is 0. The van der Waals surface area contributed by atoms with E-state index in [1.165, 1.54) is 4.90 Å². The molecular weight excluding hydrogens is 232 g/mol. The van der Waals surface area contributed by atoms with Crippen LogP contribution in [0.3, 0.4) is 0 Å². The van der Waals surface area contributed by atoms with E-state index in [0.717, 1.165) is 0 Å². The third kappa shape index (κ3) is 5.38. The maximum absolute atomic E-state index is 12.0. The molecule has 2 amide bonds. The SMILES string of the molecule is CCN(CC(C)C(=O)O)C(=O)NC(C)C(C)(C)C. The average Bonchev–Trinajstić information content (AvgIpc) is 2.23. The van der Waals surface area contributed by atoms with Crippen LogP contribution < -0.4 is 5.32 Å². The van der Waals surface area contributed by atoms with E-state index in [1.807, 2.05) is 34.6 Å². The molecule has 0 saturated carbocycles. The zero-order valence-electron chi connectivity index (χ0n) is 12.3. The highest BCUT2D eigenvalue weighted by Gasteiger charge is 2.25. The number of carbonyl (C=O) groups excluding carboxylic acids is 1. The summed E-state index contributed by atoms with van der Waals surface area (Å²) in [6, 6.07) is -0.174. The first kappa shape index (κ1) is 16.7. The molecular formula is C13H26N2O3. The van der Waals surface area contributed by atoms with E-state index < -0.39 is 11.9 Å². The minimum atomic E-state index is -0.884. The van der Waals surface area contributed by atoms with E-state index in [0.29, 0.717) is 6.54 Å². The van der Waals surface area contributed by atoms with Gasteiger partial charge >= 0.3 is 12.0 Å². The van der Waals surface area contributed by atoms with E-state index in [2.05, 4.69) is 5.32 Å². The first-order chi connectivity index (χ1) is 8.09. The number of carboxylic acids is 1. The van der Waals surface area contributed by atoms with Crippen molar-refractivity contribution in [3.8, 4) is 0 Å². The van der Waals surface area contributed by atoms with Crippen LogP contribution in [-0.4, -0.2) is 41.1 Å². The normalized spacial score (nSPS) is 14.8. The monoisotopic (exact) mass is 258 g/mol. The van der Waals surface area contributed by atoms with Crippen molar-refractivity contribution in [2.45, 2.75) is 47.6 Å². The Labute approximate surface area is 110 Å². The molecule has 0 aromatic carbocycles. The molecule has 0 heterocycles. The first-order valence-electron chi connectivity index (χ1n) is 6.37. The quantitative estimate of drug-likeness (QED) is 0.794. The number of hydrogen-bond donors (Lipinski definition) is 2. The van der Waals surface area contributed by atoms with Crippen LogP contribution in [0.25, 0.3) is 0 Å². The lowest BCUT2D eigenvalue weighted by Gasteiger charge is -2.31. The maximum Gasteiger partial charge on any atom is 0.317 e. The summed E-state index contributed by atoms with van der Waals surface area (Å²) in [4.78, 5) is 24.3. The number of rotatable bonds is 5. The molecule has 5 nitrogen and oxygen atoms in total. The minimum Gasteiger partial charge on any atom is -0.481 e. The molecule has 2 atom stereocenters. The Bertz CT molecular complexity index is 297. The van der Waals surface area contributed by atoms with Crippen LogP contribution in [0, 0.1) is 11.3 Å². The van der Waals surface area contributed by atoms with Crippen LogP contribution in [0.5, 0.6) is 0 Å². The van der Waals surface area contributed by atoms with Gasteiger partial charge in [-0.3, -0.25) is 4.79 Å². The zero-order chi connectivity index (χ0) is 14.5. The summed E-state index contributed by atoms with van der Waals surface area (Å²) in [6.45, 7) is 12.3. The Hall–Kier alpha value is -1.26. The Morgan fingerprint density at radius 1 is 1.28 bits per heavy atom. The molecule has 0 fully saturated rings. The number of hydrogen-bond acceptors (Lipinski definition) is 2. The van der Waals surface area contributed by atoms with Crippen molar-refractivity contribution < 1.29 is 14.7 Å². The molecule has 2 unspecified atom stereocenters. The van der Waals surface area contributed by atoms with Crippen molar-refractivity contribution in [3.05, 3.63) is 0 Å². The zero-order valence-corrected chi connectivity index (χ0v) is 12.3. The van der Waals surface area contributed by atoms with Gasteiger partial charge in [-0.05, 0) is 19.3 Å². The second-order valence-electron chi connectivity index (χ2n) is 5.82. The van der Waals surface area contributed by atoms with Gasteiger partial charge in [0.15, 0.2) is 0 Å². The molecule has 0 bridgehead atoms. The fourth-order valence-corrected chi connectivity index (χ4v) is 1.26. The third-order valence-corrected chi connectivity index (χ3v) is 3.22. The second-order valence-corrected chi connectivity index (χ2v) is 5.82. The van der Waals surface area contributed by atoms with Crippen LogP contribution in [0.4, 0.5) is 4.79 Å². The predicted octanol–water partition coefficient (Wildman–Crippen LogP) is 2.17. The Morgan fingerprint density at radius 2 is 1.78 bits per heavy atom. The van der Waals surface area contributed by atoms with Crippen LogP contribution in [0.2, 0.25) is 0 Å². The standard InChI is InChI=1S/C13H26N2O3/c1-7-15(8-9(2)11(16)17)12(18)14-10(3)13(4,5)6/h9-10H,7-8H2,1-6H3,(H,14,18)(H,16,17). The van der Waals surface area contributed by atoms with Crippen molar-refractivity contribution >= 4 is 12.0 Å². The largest absolute Gasteiger partial charge is 0.481 e. The summed E-state index contributed by atoms with van der Waals surface area (Å²) in [5, 5.41) is 11.8. The van der Waals surface area contributed by atoms with E-state index in [9.17, 15) is 9.59 Å². The molecule has 0 aliphatic carbocycles. The van der Waals surface area contributed by atoms with Gasteiger partial charge in [-0.15, -0.1) is 0 Å². The van der Waals surface area contributed by atoms with Crippen LogP contribution in [-0.2, 0) is 4.79 Å². The van der Waals surface area contributed by atoms with Gasteiger partial charge in [-0.25, -0.2) is 4.79 Å². The summed E-state index contributed by atoms with van der Waals surface area (Å²) >= 11 is 0. The Balaban J connectivity index is 4.49. The van der Waals surface area contributed by atoms with Crippen molar-refractivity contribution in [2.75, 3.05) is 13.1 Å². The van der Waals surface area contributed by atoms with Gasteiger partial charge in [0, 0.05) is 19.1 Å². The van der Waals surface area contributed by atoms with Crippen LogP contribution in [0.1, 0.15) is 41.5 Å². The van der Waals surface area contributed by atoms with Gasteiger partial charge in [0.1, 0.15) is 0 Å². The summed E-state index contributed by atoms with van der Waals surface area (Å²) in [6.07, 6.45) is 0. The van der Waals surface area contributed by atoms with Gasteiger partial charge in [-0.1, -0.05) is 27.7 Å². The molecule has 0 radical (unpaired) electrons. The fourth-order valence-electron chi connectivity index (χ4n) is 1.26. The molecule has 0 rings (SSSR count). The van der Waals surface area contributed by atoms with E-state index in [4.69, 9.17) is 5.11 Å². The van der Waals surface area contributed by atoms with Crippen molar-refractivity contribution in [1.82, 2.24) is 10.2 Å². The van der Waals surface area contributed by atoms with Gasteiger partial charge in [0.05, 0.1) is 5.92 Å². The number of nitrogens with one attached hydrogen (secondary N) is 1. The molecule has 0 aliphatic heterocycles. The molecule has 0 aromatic heterocycles. The molecule has 18 heavy (non-hydrogen) atoms. The molecule has 5 heteroatoms. The van der Waals surface area contributed by atoms with E-state index in [1.54, 1.807) is 6.92 Å². The van der Waals surface area contributed by atoms with Crippen molar-refractivity contribution in [2.24, 2.45) is 11.3 Å². The molecule has 0 aromatic rings. The highest BCUT2D eigenvalue weighted by atomic mass is 16.4. The van der Waals surface area contributed by atoms with Crippen molar-refractivity contribution in [1.29, 1.82) is 0 Å². The van der Waals surface area contributed by atoms with Gasteiger partial charge < -0.3 is 15.3 Å². The fraction of sp³-hybridized carbons (Fsp3) is 0.846. The van der Waals surface area contributed by atoms with Gasteiger partial charge in [0.25, 0.3) is 0 Å². The molecule has 0 aliphatic rings. The van der Waals surface area contributed by atoms with Crippen LogP contribution >= 0.6 is 0 Å². The third-order valence-electron chi connectivity index (χ3n) is 3.22. The number of aliphatic carboxylic acids is 1. The van der Waals surface area contributed by atoms with E-state index in [-0.39, 0.29) is 24.0 Å². The molecule has 2 N–H and O–H groups in total. The first-order valence-corrected chi connectivity index (χ1v) is 6.37. The molecule has 106 valence electrons. The van der Waals surface area contributed by atoms with E-state index >= 15 is 0 Å². The number of nitrogens with zero attached hydrogens (tertiary/aromatic N) is 1. The second kappa shape index (κ2) is 6.61. The summed E-state index contributed by atoms with van der Waals surface area (Å²) < 4.78 is 0. The lowest BCUT2D eigenvalue weighted by atomic mass is 9.88. The highest BCUT2D eigenvalue weighted by Crippen LogP contribution is 2.18. The molecule has 0 saturated heterocycles. The molecule has 0 spiro atoms. The van der Waals surface area contributed by atoms with Crippen molar-refractivity contribution in [3.63, 3.8) is 0 Å². The number of urea groups is 1. The topological polar surface area (TPSA) is 69.6 Å². The highest BCUT2D eigenvalue weighted by molar-refractivity contribution is 5.76. The lowest BCUT2D eigenvalue weighted by molar-refractivity contribution is -0.141. The maximum atomic E-state index is 12.0. The minimum absolute atomic E-state index is 0.0204.